The number of alkyl halides is 3. The fourth-order valence-electron chi connectivity index (χ4n) is 3.40. The summed E-state index contributed by atoms with van der Waals surface area (Å²) in [5, 5.41) is 1.42. The molecule has 0 unspecified atom stereocenters. The number of imidazole rings is 2. The number of H-pyrrole nitrogens is 1. The summed E-state index contributed by atoms with van der Waals surface area (Å²) in [4.78, 5) is 12.3. The van der Waals surface area contributed by atoms with E-state index in [1.165, 1.54) is 12.1 Å². The first-order valence-electron chi connectivity index (χ1n) is 9.29. The number of pyridine rings is 1. The van der Waals surface area contributed by atoms with E-state index in [-0.39, 0.29) is 0 Å². The van der Waals surface area contributed by atoms with Crippen LogP contribution < -0.4 is 0 Å². The highest BCUT2D eigenvalue weighted by molar-refractivity contribution is 7.98. The lowest BCUT2D eigenvalue weighted by atomic mass is 10.1. The van der Waals surface area contributed by atoms with Crippen molar-refractivity contribution < 1.29 is 13.2 Å². The second kappa shape index (κ2) is 7.62. The predicted octanol–water partition coefficient (Wildman–Crippen LogP) is 6.84. The minimum absolute atomic E-state index is 0.626. The van der Waals surface area contributed by atoms with Gasteiger partial charge in [-0.15, -0.1) is 0 Å². The van der Waals surface area contributed by atoms with E-state index >= 15 is 0 Å². The van der Waals surface area contributed by atoms with Crippen molar-refractivity contribution in [3.63, 3.8) is 0 Å². The number of nitrogens with one attached hydrogen (secondary N) is 1. The van der Waals surface area contributed by atoms with E-state index in [0.29, 0.717) is 16.3 Å². The Bertz CT molecular complexity index is 1390. The maximum Gasteiger partial charge on any atom is 0.416 e. The molecule has 0 aliphatic carbocycles. The van der Waals surface area contributed by atoms with Crippen molar-refractivity contribution >= 4 is 40.0 Å². The minimum atomic E-state index is -4.36. The van der Waals surface area contributed by atoms with Crippen LogP contribution in [0.4, 0.5) is 13.2 Å². The van der Waals surface area contributed by atoms with Crippen molar-refractivity contribution in [2.24, 2.45) is 0 Å². The summed E-state index contributed by atoms with van der Waals surface area (Å²) in [5.41, 5.74) is 4.19. The van der Waals surface area contributed by atoms with E-state index in [4.69, 9.17) is 11.6 Å². The van der Waals surface area contributed by atoms with Gasteiger partial charge in [0.1, 0.15) is 5.65 Å². The van der Waals surface area contributed by atoms with Crippen molar-refractivity contribution in [3.8, 4) is 11.3 Å². The molecule has 31 heavy (non-hydrogen) atoms. The molecule has 3 heterocycles. The van der Waals surface area contributed by atoms with E-state index in [9.17, 15) is 13.2 Å². The topological polar surface area (TPSA) is 46.0 Å². The third kappa shape index (κ3) is 3.88. The molecule has 0 spiro atoms. The van der Waals surface area contributed by atoms with E-state index in [2.05, 4.69) is 15.0 Å². The fraction of sp³-hybridized carbons (Fsp3) is 0.0909. The average Bonchev–Trinajstić information content (AvgIpc) is 3.35. The van der Waals surface area contributed by atoms with Crippen molar-refractivity contribution in [1.82, 2.24) is 19.4 Å². The summed E-state index contributed by atoms with van der Waals surface area (Å²) in [5.74, 6) is 0.626. The monoisotopic (exact) mass is 458 g/mol. The Kier molecular flexibility index (Phi) is 4.91. The summed E-state index contributed by atoms with van der Waals surface area (Å²) in [6.45, 7) is 0. The van der Waals surface area contributed by atoms with Gasteiger partial charge >= 0.3 is 6.18 Å². The molecule has 0 bridgehead atoms. The van der Waals surface area contributed by atoms with E-state index in [1.807, 2.05) is 34.9 Å². The molecule has 0 saturated heterocycles. The van der Waals surface area contributed by atoms with Gasteiger partial charge < -0.3 is 4.98 Å². The molecule has 156 valence electrons. The quantitative estimate of drug-likeness (QED) is 0.300. The highest BCUT2D eigenvalue weighted by Gasteiger charge is 2.30. The largest absolute Gasteiger partial charge is 0.416 e. The number of fused-ring (bicyclic) bond motifs is 2. The first-order chi connectivity index (χ1) is 14.9. The Morgan fingerprint density at radius 3 is 2.65 bits per heavy atom. The first-order valence-corrected chi connectivity index (χ1v) is 10.7. The summed E-state index contributed by atoms with van der Waals surface area (Å²) in [6.07, 6.45) is -0.827. The van der Waals surface area contributed by atoms with Crippen LogP contribution >= 0.6 is 23.4 Å². The van der Waals surface area contributed by atoms with Crippen molar-refractivity contribution in [1.29, 1.82) is 0 Å². The van der Waals surface area contributed by atoms with Gasteiger partial charge in [0, 0.05) is 28.1 Å². The molecule has 1 N–H and O–H groups in total. The molecular formula is C22H14ClF3N4S. The van der Waals surface area contributed by atoms with E-state index in [0.717, 1.165) is 45.2 Å². The van der Waals surface area contributed by atoms with Crippen molar-refractivity contribution in [2.75, 3.05) is 0 Å². The normalized spacial score (nSPS) is 12.1. The molecular weight excluding hydrogens is 445 g/mol. The molecule has 0 aliphatic rings. The summed E-state index contributed by atoms with van der Waals surface area (Å²) >= 11 is 7.57. The zero-order chi connectivity index (χ0) is 21.6. The smallest absolute Gasteiger partial charge is 0.333 e. The average molecular weight is 459 g/mol. The number of nitrogens with zero attached hydrogens (tertiary/aromatic N) is 3. The van der Waals surface area contributed by atoms with Crippen LogP contribution in [0.25, 0.3) is 27.9 Å². The van der Waals surface area contributed by atoms with Crippen molar-refractivity contribution in [2.45, 2.75) is 17.1 Å². The molecule has 0 fully saturated rings. The third-order valence-corrected chi connectivity index (χ3v) is 6.07. The highest BCUT2D eigenvalue weighted by Crippen LogP contribution is 2.32. The number of hydrogen-bond donors (Lipinski definition) is 1. The second-order valence-electron chi connectivity index (χ2n) is 6.94. The maximum absolute atomic E-state index is 12.8. The summed E-state index contributed by atoms with van der Waals surface area (Å²) < 4.78 is 40.4. The standard InChI is InChI=1S/C22H14ClF3N4S/c23-16-7-8-17-18(10-16)29-21(28-17)31-12-14-2-1-9-30-19(11-27-20(14)30)13-3-5-15(6-4-13)22(24,25)26/h1-11H,12H2,(H,28,29). The Labute approximate surface area is 184 Å². The van der Waals surface area contributed by atoms with Gasteiger partial charge in [-0.1, -0.05) is 41.6 Å². The Morgan fingerprint density at radius 1 is 1.06 bits per heavy atom. The molecule has 0 atom stereocenters. The maximum atomic E-state index is 12.8. The second-order valence-corrected chi connectivity index (χ2v) is 8.34. The van der Waals surface area contributed by atoms with Crippen LogP contribution in [0.2, 0.25) is 5.02 Å². The predicted molar refractivity (Wildman–Crippen MR) is 116 cm³/mol. The third-order valence-electron chi connectivity index (χ3n) is 4.91. The zero-order valence-corrected chi connectivity index (χ0v) is 17.4. The molecule has 0 amide bonds. The van der Waals surface area contributed by atoms with Crippen LogP contribution in [0.15, 0.2) is 72.1 Å². The van der Waals surface area contributed by atoms with Gasteiger partial charge in [-0.2, -0.15) is 13.2 Å². The number of benzene rings is 2. The Morgan fingerprint density at radius 2 is 1.87 bits per heavy atom. The molecule has 0 saturated carbocycles. The first kappa shape index (κ1) is 20.0. The Balaban J connectivity index is 1.42. The molecule has 0 aliphatic heterocycles. The van der Waals surface area contributed by atoms with Crippen LogP contribution in [0, 0.1) is 0 Å². The van der Waals surface area contributed by atoms with E-state index in [1.54, 1.807) is 24.0 Å². The number of rotatable bonds is 4. The van der Waals surface area contributed by atoms with Gasteiger partial charge in [0.25, 0.3) is 0 Å². The van der Waals surface area contributed by atoms with Gasteiger partial charge in [-0.3, -0.25) is 4.40 Å². The molecule has 3 aromatic heterocycles. The molecule has 0 radical (unpaired) electrons. The van der Waals surface area contributed by atoms with Gasteiger partial charge in [0.2, 0.25) is 0 Å². The van der Waals surface area contributed by atoms with Gasteiger partial charge in [0.05, 0.1) is 28.5 Å². The van der Waals surface area contributed by atoms with Crippen LogP contribution in [0.5, 0.6) is 0 Å². The molecule has 4 nitrogen and oxygen atoms in total. The lowest BCUT2D eigenvalue weighted by molar-refractivity contribution is -0.137. The highest BCUT2D eigenvalue weighted by atomic mass is 35.5. The minimum Gasteiger partial charge on any atom is -0.333 e. The molecule has 9 heteroatoms. The van der Waals surface area contributed by atoms with Crippen LogP contribution in [-0.2, 0) is 11.9 Å². The fourth-order valence-corrected chi connectivity index (χ4v) is 4.43. The van der Waals surface area contributed by atoms with Crippen LogP contribution in [-0.4, -0.2) is 19.4 Å². The number of aromatic nitrogens is 4. The summed E-state index contributed by atoms with van der Waals surface area (Å²) in [7, 11) is 0. The zero-order valence-electron chi connectivity index (χ0n) is 15.8. The number of thioether (sulfide) groups is 1. The van der Waals surface area contributed by atoms with Crippen LogP contribution in [0.1, 0.15) is 11.1 Å². The van der Waals surface area contributed by atoms with Gasteiger partial charge in [-0.05, 0) is 36.4 Å². The summed E-state index contributed by atoms with van der Waals surface area (Å²) in [6, 6.07) is 14.5. The lowest BCUT2D eigenvalue weighted by Gasteiger charge is -2.08. The number of aromatic amines is 1. The Hall–Kier alpha value is -2.97. The number of hydrogen-bond acceptors (Lipinski definition) is 3. The van der Waals surface area contributed by atoms with Gasteiger partial charge in [-0.25, -0.2) is 9.97 Å². The lowest BCUT2D eigenvalue weighted by Crippen LogP contribution is -2.04. The SMILES string of the molecule is FC(F)(F)c1ccc(-c2cnc3c(CSc4nc5ccc(Cl)cc5[nH]4)cccn23)cc1. The molecule has 5 aromatic rings. The van der Waals surface area contributed by atoms with Crippen molar-refractivity contribution in [3.05, 3.63) is 83.1 Å². The molecule has 5 rings (SSSR count). The number of halogens is 4. The van der Waals surface area contributed by atoms with E-state index < -0.39 is 11.7 Å². The van der Waals surface area contributed by atoms with Crippen LogP contribution in [0.3, 0.4) is 0 Å². The van der Waals surface area contributed by atoms with Gasteiger partial charge in [0.15, 0.2) is 5.16 Å². The molecule has 2 aromatic carbocycles.